The molecule has 0 aliphatic carbocycles. The summed E-state index contributed by atoms with van der Waals surface area (Å²) >= 11 is 0. The van der Waals surface area contributed by atoms with Crippen molar-refractivity contribution in [1.29, 1.82) is 0 Å². The quantitative estimate of drug-likeness (QED) is 0.375. The Balaban J connectivity index is 1.53. The van der Waals surface area contributed by atoms with E-state index in [0.717, 1.165) is 36.3 Å². The van der Waals surface area contributed by atoms with Crippen molar-refractivity contribution in [2.75, 3.05) is 39.7 Å². The minimum Gasteiger partial charge on any atom is -0.504 e. The first-order chi connectivity index (χ1) is 17.0. The van der Waals surface area contributed by atoms with Gasteiger partial charge in [-0.15, -0.1) is 0 Å². The first kappa shape index (κ1) is 23.5. The molecule has 1 N–H and O–H groups in total. The molecule has 0 saturated carbocycles. The number of hydrogen-bond donors (Lipinski definition) is 1. The number of nitrogens with zero attached hydrogens (tertiary/aromatic N) is 1. The number of benzene rings is 1. The number of carbonyl (C=O) groups is 2. The molecule has 5 rings (SSSR count). The summed E-state index contributed by atoms with van der Waals surface area (Å²) in [4.78, 5) is 29.3. The number of ketones is 1. The summed E-state index contributed by atoms with van der Waals surface area (Å²) < 4.78 is 21.4. The second-order valence-corrected chi connectivity index (χ2v) is 9.58. The van der Waals surface area contributed by atoms with Gasteiger partial charge in [0.25, 0.3) is 0 Å². The van der Waals surface area contributed by atoms with Gasteiger partial charge in [-0.1, -0.05) is 13.3 Å². The fourth-order valence-corrected chi connectivity index (χ4v) is 6.41. The number of rotatable bonds is 6. The van der Waals surface area contributed by atoms with Crippen LogP contribution in [-0.2, 0) is 14.3 Å². The molecular formula is C27H32N2O6. The van der Waals surface area contributed by atoms with Crippen molar-refractivity contribution >= 4 is 17.4 Å². The van der Waals surface area contributed by atoms with Gasteiger partial charge in [0.2, 0.25) is 0 Å². The molecule has 1 aromatic heterocycles. The van der Waals surface area contributed by atoms with Gasteiger partial charge >= 0.3 is 5.97 Å². The smallest absolute Gasteiger partial charge is 0.337 e. The average Bonchev–Trinajstić information content (AvgIpc) is 3.60. The molecule has 2 saturated heterocycles. The van der Waals surface area contributed by atoms with Gasteiger partial charge in [0.1, 0.15) is 11.3 Å². The number of piperidine rings is 1. The van der Waals surface area contributed by atoms with Crippen molar-refractivity contribution in [2.24, 2.45) is 11.8 Å². The Hall–Kier alpha value is -3.26. The Labute approximate surface area is 205 Å². The molecule has 1 unspecified atom stereocenters. The SMILES string of the molecule is CC[C@@H]1CN2CC[C@]3(Nc4ccc(-c5ccoc5)c(OC)c4C3=O)C2C[C@@H]1/C(=C\OC)C(=O)OC. The molecule has 35 heavy (non-hydrogen) atoms. The number of Topliss-reactive ketones (excluding diaryl/α,β-unsaturated/α-hetero) is 1. The van der Waals surface area contributed by atoms with Gasteiger partial charge in [-0.25, -0.2) is 4.79 Å². The first-order valence-corrected chi connectivity index (χ1v) is 12.1. The highest BCUT2D eigenvalue weighted by atomic mass is 16.5. The third kappa shape index (κ3) is 3.54. The number of nitrogens with one attached hydrogen (secondary N) is 1. The zero-order chi connectivity index (χ0) is 24.7. The van der Waals surface area contributed by atoms with E-state index in [0.29, 0.717) is 29.7 Å². The van der Waals surface area contributed by atoms with Crippen molar-refractivity contribution < 1.29 is 28.2 Å². The summed E-state index contributed by atoms with van der Waals surface area (Å²) in [5.41, 5.74) is 2.83. The number of hydrogen-bond acceptors (Lipinski definition) is 8. The van der Waals surface area contributed by atoms with Gasteiger partial charge in [0.15, 0.2) is 5.78 Å². The van der Waals surface area contributed by atoms with Gasteiger partial charge in [0, 0.05) is 35.9 Å². The maximum absolute atomic E-state index is 14.2. The second kappa shape index (κ2) is 9.07. The van der Waals surface area contributed by atoms with Crippen LogP contribution in [0.25, 0.3) is 11.1 Å². The predicted molar refractivity (Wildman–Crippen MR) is 130 cm³/mol. The van der Waals surface area contributed by atoms with E-state index in [9.17, 15) is 9.59 Å². The highest BCUT2D eigenvalue weighted by Crippen LogP contribution is 2.52. The fourth-order valence-electron chi connectivity index (χ4n) is 6.41. The molecule has 0 amide bonds. The van der Waals surface area contributed by atoms with E-state index < -0.39 is 5.54 Å². The number of furan rings is 1. The van der Waals surface area contributed by atoms with Crippen molar-refractivity contribution in [2.45, 2.75) is 37.8 Å². The molecule has 0 bridgehead atoms. The van der Waals surface area contributed by atoms with Gasteiger partial charge in [-0.2, -0.15) is 0 Å². The van der Waals surface area contributed by atoms with Crippen LogP contribution in [-0.4, -0.2) is 62.7 Å². The second-order valence-electron chi connectivity index (χ2n) is 9.58. The van der Waals surface area contributed by atoms with Crippen molar-refractivity contribution in [3.63, 3.8) is 0 Å². The molecular weight excluding hydrogens is 448 g/mol. The Kier molecular flexibility index (Phi) is 6.09. The highest BCUT2D eigenvalue weighted by molar-refractivity contribution is 6.17. The fraction of sp³-hybridized carbons (Fsp3) is 0.481. The van der Waals surface area contributed by atoms with E-state index in [1.165, 1.54) is 13.4 Å². The molecule has 4 heterocycles. The lowest BCUT2D eigenvalue weighted by Crippen LogP contribution is -2.57. The van der Waals surface area contributed by atoms with E-state index in [1.54, 1.807) is 26.7 Å². The molecule has 8 heteroatoms. The summed E-state index contributed by atoms with van der Waals surface area (Å²) in [5, 5.41) is 3.61. The Morgan fingerprint density at radius 3 is 2.77 bits per heavy atom. The van der Waals surface area contributed by atoms with E-state index in [2.05, 4.69) is 17.1 Å². The van der Waals surface area contributed by atoms with Crippen LogP contribution in [0.15, 0.2) is 47.0 Å². The number of esters is 1. The number of methoxy groups -OCH3 is 3. The van der Waals surface area contributed by atoms with Crippen LogP contribution >= 0.6 is 0 Å². The number of anilines is 1. The largest absolute Gasteiger partial charge is 0.504 e. The van der Waals surface area contributed by atoms with Crippen molar-refractivity contribution in [3.8, 4) is 16.9 Å². The van der Waals surface area contributed by atoms with Gasteiger partial charge < -0.3 is 23.9 Å². The van der Waals surface area contributed by atoms with Crippen LogP contribution in [0.3, 0.4) is 0 Å². The van der Waals surface area contributed by atoms with Gasteiger partial charge in [-0.3, -0.25) is 9.69 Å². The lowest BCUT2D eigenvalue weighted by atomic mass is 9.72. The van der Waals surface area contributed by atoms with Gasteiger partial charge in [-0.05, 0) is 42.9 Å². The molecule has 186 valence electrons. The van der Waals surface area contributed by atoms with E-state index >= 15 is 0 Å². The maximum atomic E-state index is 14.2. The number of fused-ring (bicyclic) bond motifs is 3. The predicted octanol–water partition coefficient (Wildman–Crippen LogP) is 4.13. The summed E-state index contributed by atoms with van der Waals surface area (Å²) in [6.07, 6.45) is 7.04. The molecule has 3 aliphatic heterocycles. The monoisotopic (exact) mass is 480 g/mol. The Morgan fingerprint density at radius 1 is 1.29 bits per heavy atom. The molecule has 4 atom stereocenters. The summed E-state index contributed by atoms with van der Waals surface area (Å²) in [6.45, 7) is 3.77. The van der Waals surface area contributed by atoms with E-state index in [1.807, 2.05) is 18.2 Å². The number of ether oxygens (including phenoxy) is 3. The maximum Gasteiger partial charge on any atom is 0.337 e. The lowest BCUT2D eigenvalue weighted by Gasteiger charge is -2.45. The topological polar surface area (TPSA) is 90.2 Å². The average molecular weight is 481 g/mol. The van der Waals surface area contributed by atoms with Crippen LogP contribution in [0.5, 0.6) is 5.75 Å². The first-order valence-electron chi connectivity index (χ1n) is 12.1. The summed E-state index contributed by atoms with van der Waals surface area (Å²) in [6, 6.07) is 5.71. The van der Waals surface area contributed by atoms with Crippen LogP contribution in [0.4, 0.5) is 5.69 Å². The molecule has 1 aromatic carbocycles. The molecule has 2 aromatic rings. The third-order valence-corrected chi connectivity index (χ3v) is 8.09. The zero-order valence-corrected chi connectivity index (χ0v) is 20.6. The normalized spacial score (nSPS) is 27.9. The van der Waals surface area contributed by atoms with E-state index in [-0.39, 0.29) is 29.6 Å². The standard InChI is InChI=1S/C27H32N2O6/c1-5-16-13-29-10-9-27(22(29)12-19(16)20(15-32-2)26(31)34-4)25(30)23-21(28-27)7-6-18(24(23)33-3)17-8-11-35-14-17/h6-8,11,14-16,19,22,28H,5,9-10,12-13H2,1-4H3/b20-15+/t16-,19+,22?,27+/m1/s1. The van der Waals surface area contributed by atoms with Crippen molar-refractivity contribution in [1.82, 2.24) is 4.90 Å². The molecule has 1 spiro atoms. The molecule has 0 radical (unpaired) electrons. The van der Waals surface area contributed by atoms with Crippen LogP contribution in [0, 0.1) is 11.8 Å². The molecule has 8 nitrogen and oxygen atoms in total. The highest BCUT2D eigenvalue weighted by Gasteiger charge is 2.60. The Morgan fingerprint density at radius 2 is 2.11 bits per heavy atom. The van der Waals surface area contributed by atoms with Crippen LogP contribution < -0.4 is 10.1 Å². The lowest BCUT2D eigenvalue weighted by molar-refractivity contribution is -0.137. The molecule has 3 aliphatic rings. The van der Waals surface area contributed by atoms with Crippen molar-refractivity contribution in [3.05, 3.63) is 48.1 Å². The minimum absolute atomic E-state index is 0.0474. The van der Waals surface area contributed by atoms with E-state index in [4.69, 9.17) is 18.6 Å². The number of carbonyl (C=O) groups excluding carboxylic acids is 2. The summed E-state index contributed by atoms with van der Waals surface area (Å²) in [5.74, 6) is 0.431. The summed E-state index contributed by atoms with van der Waals surface area (Å²) in [7, 11) is 4.53. The molecule has 2 fully saturated rings. The van der Waals surface area contributed by atoms with Gasteiger partial charge in [0.05, 0.1) is 51.3 Å². The third-order valence-electron chi connectivity index (χ3n) is 8.09. The zero-order valence-electron chi connectivity index (χ0n) is 20.6. The Bertz CT molecular complexity index is 1160. The van der Waals surface area contributed by atoms with Crippen LogP contribution in [0.2, 0.25) is 0 Å². The minimum atomic E-state index is -0.768. The van der Waals surface area contributed by atoms with Crippen LogP contribution in [0.1, 0.15) is 36.5 Å².